The molecule has 2 aromatic rings. The van der Waals surface area contributed by atoms with E-state index in [4.69, 9.17) is 22.1 Å². The molecule has 2 rings (SSSR count). The second-order valence-corrected chi connectivity index (χ2v) is 3.59. The second-order valence-electron chi connectivity index (χ2n) is 3.18. The second kappa shape index (κ2) is 4.56. The zero-order valence-corrected chi connectivity index (χ0v) is 9.28. The van der Waals surface area contributed by atoms with Gasteiger partial charge in [-0.1, -0.05) is 11.6 Å². The summed E-state index contributed by atoms with van der Waals surface area (Å²) in [7, 11) is 0. The van der Waals surface area contributed by atoms with E-state index in [-0.39, 0.29) is 5.57 Å². The van der Waals surface area contributed by atoms with Gasteiger partial charge in [0.05, 0.1) is 22.4 Å². The minimum atomic E-state index is -0.00684. The summed E-state index contributed by atoms with van der Waals surface area (Å²) in [5.41, 5.74) is 1.42. The van der Waals surface area contributed by atoms with Gasteiger partial charge in [0.1, 0.15) is 17.7 Å². The van der Waals surface area contributed by atoms with E-state index in [2.05, 4.69) is 15.5 Å². The highest BCUT2D eigenvalue weighted by atomic mass is 35.5. The summed E-state index contributed by atoms with van der Waals surface area (Å²) >= 11 is 5.98. The maximum atomic E-state index is 8.60. The summed E-state index contributed by atoms with van der Waals surface area (Å²) in [6.45, 7) is 0. The molecule has 0 radical (unpaired) electrons. The van der Waals surface area contributed by atoms with E-state index in [1.807, 2.05) is 0 Å². The van der Waals surface area contributed by atoms with Crippen LogP contribution in [-0.4, -0.2) is 10.2 Å². The number of allylic oxidation sites excluding steroid dienone is 1. The van der Waals surface area contributed by atoms with Crippen LogP contribution in [0.3, 0.4) is 0 Å². The molecule has 0 unspecified atom stereocenters. The van der Waals surface area contributed by atoms with Gasteiger partial charge in [0.15, 0.2) is 0 Å². The Morgan fingerprint density at radius 1 is 1.41 bits per heavy atom. The first kappa shape index (κ1) is 11.0. The molecule has 0 saturated carbocycles. The molecule has 2 N–H and O–H groups in total. The van der Waals surface area contributed by atoms with E-state index in [1.54, 1.807) is 30.5 Å². The van der Waals surface area contributed by atoms with E-state index in [0.717, 1.165) is 10.9 Å². The quantitative estimate of drug-likeness (QED) is 0.794. The molecule has 1 aromatic carbocycles. The van der Waals surface area contributed by atoms with Gasteiger partial charge in [-0.2, -0.15) is 15.6 Å². The standard InChI is InChI=1S/C11H6ClN5/c12-9-1-2-10(11-8(9)6-16-17-11)15-5-7(3-13)4-14/h1-2,5-6,15H,(H,16,17). The molecular formula is C11H6ClN5. The number of rotatable bonds is 2. The Bertz CT molecular complexity index is 655. The van der Waals surface area contributed by atoms with Crippen molar-refractivity contribution in [2.75, 3.05) is 5.32 Å². The van der Waals surface area contributed by atoms with Gasteiger partial charge in [0, 0.05) is 11.6 Å². The van der Waals surface area contributed by atoms with Gasteiger partial charge in [-0.3, -0.25) is 5.10 Å². The largest absolute Gasteiger partial charge is 0.358 e. The first-order valence-corrected chi connectivity index (χ1v) is 5.02. The lowest BCUT2D eigenvalue weighted by molar-refractivity contribution is 1.12. The number of benzene rings is 1. The van der Waals surface area contributed by atoms with E-state index < -0.39 is 0 Å². The van der Waals surface area contributed by atoms with Crippen LogP contribution in [0.5, 0.6) is 0 Å². The van der Waals surface area contributed by atoms with Crippen LogP contribution < -0.4 is 5.32 Å². The number of fused-ring (bicyclic) bond motifs is 1. The minimum absolute atomic E-state index is 0.00684. The third-order valence-corrected chi connectivity index (χ3v) is 2.50. The van der Waals surface area contributed by atoms with Gasteiger partial charge in [0.2, 0.25) is 0 Å². The van der Waals surface area contributed by atoms with E-state index in [9.17, 15) is 0 Å². The number of H-pyrrole nitrogens is 1. The van der Waals surface area contributed by atoms with Gasteiger partial charge in [-0.05, 0) is 12.1 Å². The molecule has 0 spiro atoms. The monoisotopic (exact) mass is 243 g/mol. The van der Waals surface area contributed by atoms with Gasteiger partial charge < -0.3 is 5.32 Å². The van der Waals surface area contributed by atoms with Crippen LogP contribution in [0, 0.1) is 22.7 Å². The lowest BCUT2D eigenvalue weighted by Gasteiger charge is -2.02. The Morgan fingerprint density at radius 2 is 2.18 bits per heavy atom. The number of nitriles is 2. The first-order chi connectivity index (χ1) is 8.26. The zero-order valence-electron chi connectivity index (χ0n) is 8.53. The number of aromatic nitrogens is 2. The fourth-order valence-electron chi connectivity index (χ4n) is 1.36. The topological polar surface area (TPSA) is 88.3 Å². The van der Waals surface area contributed by atoms with Crippen molar-refractivity contribution in [3.63, 3.8) is 0 Å². The highest BCUT2D eigenvalue weighted by Gasteiger charge is 2.05. The SMILES string of the molecule is N#CC(C#N)=CNc1ccc(Cl)c2cn[nH]c12. The lowest BCUT2D eigenvalue weighted by atomic mass is 10.2. The number of anilines is 1. The van der Waals surface area contributed by atoms with Crippen molar-refractivity contribution in [1.29, 1.82) is 10.5 Å². The molecule has 6 heteroatoms. The fourth-order valence-corrected chi connectivity index (χ4v) is 1.57. The average molecular weight is 244 g/mol. The van der Waals surface area contributed by atoms with Gasteiger partial charge in [-0.15, -0.1) is 0 Å². The summed E-state index contributed by atoms with van der Waals surface area (Å²) in [6.07, 6.45) is 2.95. The fraction of sp³-hybridized carbons (Fsp3) is 0. The van der Waals surface area contributed by atoms with E-state index >= 15 is 0 Å². The first-order valence-electron chi connectivity index (χ1n) is 4.64. The van der Waals surface area contributed by atoms with Crippen molar-refractivity contribution in [2.24, 2.45) is 0 Å². The Kier molecular flexibility index (Phi) is 2.95. The molecule has 0 atom stereocenters. The molecule has 0 aliphatic carbocycles. The lowest BCUT2D eigenvalue weighted by Crippen LogP contribution is -1.91. The van der Waals surface area contributed by atoms with Crippen molar-refractivity contribution in [3.8, 4) is 12.1 Å². The maximum absolute atomic E-state index is 8.60. The highest BCUT2D eigenvalue weighted by Crippen LogP contribution is 2.27. The summed E-state index contributed by atoms with van der Waals surface area (Å²) in [5, 5.41) is 28.1. The molecule has 0 amide bonds. The van der Waals surface area contributed by atoms with Crippen molar-refractivity contribution >= 4 is 28.2 Å². The predicted molar refractivity (Wildman–Crippen MR) is 64.0 cm³/mol. The molecular weight excluding hydrogens is 238 g/mol. The third kappa shape index (κ3) is 2.05. The number of halogens is 1. The number of nitrogens with one attached hydrogen (secondary N) is 2. The van der Waals surface area contributed by atoms with Gasteiger partial charge >= 0.3 is 0 Å². The predicted octanol–water partition coefficient (Wildman–Crippen LogP) is 2.56. The van der Waals surface area contributed by atoms with Crippen LogP contribution in [-0.2, 0) is 0 Å². The van der Waals surface area contributed by atoms with Gasteiger partial charge in [-0.25, -0.2) is 0 Å². The molecule has 0 aliphatic rings. The molecule has 17 heavy (non-hydrogen) atoms. The smallest absolute Gasteiger partial charge is 0.145 e. The molecule has 1 heterocycles. The molecule has 5 nitrogen and oxygen atoms in total. The van der Waals surface area contributed by atoms with Crippen LogP contribution in [0.1, 0.15) is 0 Å². The Hall–Kier alpha value is -2.50. The normalized spacial score (nSPS) is 9.35. The summed E-state index contributed by atoms with van der Waals surface area (Å²) < 4.78 is 0. The molecule has 0 fully saturated rings. The molecule has 82 valence electrons. The van der Waals surface area contributed by atoms with Gasteiger partial charge in [0.25, 0.3) is 0 Å². The van der Waals surface area contributed by atoms with E-state index in [0.29, 0.717) is 10.7 Å². The maximum Gasteiger partial charge on any atom is 0.145 e. The Labute approximate surface area is 102 Å². The highest BCUT2D eigenvalue weighted by molar-refractivity contribution is 6.35. The van der Waals surface area contributed by atoms with Crippen molar-refractivity contribution in [3.05, 3.63) is 35.1 Å². The average Bonchev–Trinajstić information content (AvgIpc) is 2.83. The third-order valence-electron chi connectivity index (χ3n) is 2.18. The zero-order chi connectivity index (χ0) is 12.3. The number of nitrogens with zero attached hydrogens (tertiary/aromatic N) is 3. The number of aromatic amines is 1. The van der Waals surface area contributed by atoms with Crippen molar-refractivity contribution in [1.82, 2.24) is 10.2 Å². The molecule has 0 bridgehead atoms. The van der Waals surface area contributed by atoms with Crippen LogP contribution in [0.2, 0.25) is 5.02 Å². The van der Waals surface area contributed by atoms with Crippen molar-refractivity contribution in [2.45, 2.75) is 0 Å². The van der Waals surface area contributed by atoms with Crippen LogP contribution in [0.25, 0.3) is 10.9 Å². The van der Waals surface area contributed by atoms with Crippen molar-refractivity contribution < 1.29 is 0 Å². The molecule has 0 saturated heterocycles. The number of hydrogen-bond acceptors (Lipinski definition) is 4. The molecule has 0 aliphatic heterocycles. The van der Waals surface area contributed by atoms with E-state index in [1.165, 1.54) is 6.20 Å². The summed E-state index contributed by atoms with van der Waals surface area (Å²) in [4.78, 5) is 0. The summed E-state index contributed by atoms with van der Waals surface area (Å²) in [6, 6.07) is 6.98. The Morgan fingerprint density at radius 3 is 2.88 bits per heavy atom. The number of hydrogen-bond donors (Lipinski definition) is 2. The molecule has 1 aromatic heterocycles. The minimum Gasteiger partial charge on any atom is -0.358 e. The Balaban J connectivity index is 2.42. The summed E-state index contributed by atoms with van der Waals surface area (Å²) in [5.74, 6) is 0. The van der Waals surface area contributed by atoms with Crippen LogP contribution in [0.4, 0.5) is 5.69 Å². The van der Waals surface area contributed by atoms with Crippen LogP contribution in [0.15, 0.2) is 30.1 Å². The van der Waals surface area contributed by atoms with Crippen LogP contribution >= 0.6 is 11.6 Å².